The van der Waals surface area contributed by atoms with E-state index in [0.717, 1.165) is 36.2 Å². The quantitative estimate of drug-likeness (QED) is 0.527. The SMILES string of the molecule is CCCCCOc1ccc(C=O)c(C)c1. The number of aldehydes is 1. The molecule has 0 aliphatic rings. The van der Waals surface area contributed by atoms with Crippen LogP contribution in [-0.4, -0.2) is 12.9 Å². The number of unbranched alkanes of at least 4 members (excludes halogenated alkanes) is 2. The van der Waals surface area contributed by atoms with Crippen LogP contribution in [0.5, 0.6) is 5.75 Å². The molecule has 0 heterocycles. The van der Waals surface area contributed by atoms with Crippen molar-refractivity contribution in [1.82, 2.24) is 0 Å². The van der Waals surface area contributed by atoms with Crippen LogP contribution < -0.4 is 4.74 Å². The first kappa shape index (κ1) is 11.8. The standard InChI is InChI=1S/C13H18O2/c1-3-4-5-8-15-13-7-6-12(10-14)11(2)9-13/h6-7,9-10H,3-5,8H2,1-2H3. The third kappa shape index (κ3) is 3.74. The van der Waals surface area contributed by atoms with Gasteiger partial charge >= 0.3 is 0 Å². The number of hydrogen-bond donors (Lipinski definition) is 0. The number of rotatable bonds is 6. The molecule has 0 aliphatic carbocycles. The van der Waals surface area contributed by atoms with Crippen molar-refractivity contribution in [1.29, 1.82) is 0 Å². The van der Waals surface area contributed by atoms with Crippen LogP contribution in [0.4, 0.5) is 0 Å². The molecule has 1 aromatic carbocycles. The molecule has 0 bridgehead atoms. The fourth-order valence-corrected chi connectivity index (χ4v) is 1.41. The minimum absolute atomic E-state index is 0.732. The summed E-state index contributed by atoms with van der Waals surface area (Å²) in [6.45, 7) is 4.85. The molecule has 0 atom stereocenters. The molecule has 0 aromatic heterocycles. The minimum atomic E-state index is 0.732. The summed E-state index contributed by atoms with van der Waals surface area (Å²) in [6, 6.07) is 5.57. The van der Waals surface area contributed by atoms with E-state index in [2.05, 4.69) is 6.92 Å². The molecule has 1 rings (SSSR count). The highest BCUT2D eigenvalue weighted by Crippen LogP contribution is 2.16. The maximum atomic E-state index is 10.6. The summed E-state index contributed by atoms with van der Waals surface area (Å²) in [7, 11) is 0. The van der Waals surface area contributed by atoms with Crippen molar-refractivity contribution in [2.45, 2.75) is 33.1 Å². The zero-order chi connectivity index (χ0) is 11.1. The van der Waals surface area contributed by atoms with Crippen LogP contribution in [-0.2, 0) is 0 Å². The van der Waals surface area contributed by atoms with E-state index >= 15 is 0 Å². The first-order valence-corrected chi connectivity index (χ1v) is 5.46. The summed E-state index contributed by atoms with van der Waals surface area (Å²) in [5, 5.41) is 0. The van der Waals surface area contributed by atoms with Gasteiger partial charge in [0.1, 0.15) is 12.0 Å². The first-order valence-electron chi connectivity index (χ1n) is 5.46. The fourth-order valence-electron chi connectivity index (χ4n) is 1.41. The molecule has 0 radical (unpaired) electrons. The molecule has 0 unspecified atom stereocenters. The van der Waals surface area contributed by atoms with E-state index in [1.165, 1.54) is 12.8 Å². The Morgan fingerprint density at radius 3 is 2.73 bits per heavy atom. The van der Waals surface area contributed by atoms with Crippen molar-refractivity contribution in [3.05, 3.63) is 29.3 Å². The number of carbonyl (C=O) groups excluding carboxylic acids is 1. The molecule has 0 saturated carbocycles. The number of benzene rings is 1. The molecule has 0 saturated heterocycles. The second kappa shape index (κ2) is 6.23. The van der Waals surface area contributed by atoms with Gasteiger partial charge in [-0.05, 0) is 37.1 Å². The van der Waals surface area contributed by atoms with E-state index in [1.807, 2.05) is 19.1 Å². The average molecular weight is 206 g/mol. The Balaban J connectivity index is 2.48. The van der Waals surface area contributed by atoms with Gasteiger partial charge in [-0.15, -0.1) is 0 Å². The van der Waals surface area contributed by atoms with Crippen molar-refractivity contribution in [3.63, 3.8) is 0 Å². The largest absolute Gasteiger partial charge is 0.494 e. The van der Waals surface area contributed by atoms with Gasteiger partial charge in [-0.1, -0.05) is 19.8 Å². The maximum Gasteiger partial charge on any atom is 0.150 e. The molecule has 0 fully saturated rings. The van der Waals surface area contributed by atoms with Crippen molar-refractivity contribution in [3.8, 4) is 5.75 Å². The van der Waals surface area contributed by atoms with Gasteiger partial charge in [0.15, 0.2) is 0 Å². The van der Waals surface area contributed by atoms with Crippen molar-refractivity contribution >= 4 is 6.29 Å². The highest BCUT2D eigenvalue weighted by Gasteiger charge is 1.99. The average Bonchev–Trinajstić information content (AvgIpc) is 2.25. The highest BCUT2D eigenvalue weighted by molar-refractivity contribution is 5.77. The minimum Gasteiger partial charge on any atom is -0.494 e. The predicted octanol–water partition coefficient (Wildman–Crippen LogP) is 3.38. The van der Waals surface area contributed by atoms with Gasteiger partial charge in [0, 0.05) is 5.56 Å². The van der Waals surface area contributed by atoms with Crippen LogP contribution in [0.3, 0.4) is 0 Å². The van der Waals surface area contributed by atoms with Crippen LogP contribution in [0.25, 0.3) is 0 Å². The second-order valence-corrected chi connectivity index (χ2v) is 3.69. The zero-order valence-electron chi connectivity index (χ0n) is 9.45. The van der Waals surface area contributed by atoms with Gasteiger partial charge in [-0.25, -0.2) is 0 Å². The third-order valence-electron chi connectivity index (χ3n) is 2.38. The van der Waals surface area contributed by atoms with E-state index in [-0.39, 0.29) is 0 Å². The van der Waals surface area contributed by atoms with Gasteiger partial charge < -0.3 is 4.74 Å². The van der Waals surface area contributed by atoms with Gasteiger partial charge in [-0.3, -0.25) is 4.79 Å². The lowest BCUT2D eigenvalue weighted by Crippen LogP contribution is -1.98. The Hall–Kier alpha value is -1.31. The molecule has 0 amide bonds. The lowest BCUT2D eigenvalue weighted by atomic mass is 10.1. The smallest absolute Gasteiger partial charge is 0.150 e. The Morgan fingerprint density at radius 2 is 2.13 bits per heavy atom. The normalized spacial score (nSPS) is 10.0. The van der Waals surface area contributed by atoms with Crippen LogP contribution in [0.15, 0.2) is 18.2 Å². The lowest BCUT2D eigenvalue weighted by Gasteiger charge is -2.07. The monoisotopic (exact) mass is 206 g/mol. The Kier molecular flexibility index (Phi) is 4.88. The van der Waals surface area contributed by atoms with Gasteiger partial charge in [0.2, 0.25) is 0 Å². The summed E-state index contributed by atoms with van der Waals surface area (Å²) in [5.74, 6) is 0.856. The molecule has 0 aliphatic heterocycles. The molecule has 1 aromatic rings. The second-order valence-electron chi connectivity index (χ2n) is 3.69. The fraction of sp³-hybridized carbons (Fsp3) is 0.462. The first-order chi connectivity index (χ1) is 7.27. The Bertz CT molecular complexity index is 318. The topological polar surface area (TPSA) is 26.3 Å². The number of ether oxygens (including phenoxy) is 1. The van der Waals surface area contributed by atoms with Crippen LogP contribution in [0.2, 0.25) is 0 Å². The number of carbonyl (C=O) groups is 1. The third-order valence-corrected chi connectivity index (χ3v) is 2.38. The van der Waals surface area contributed by atoms with E-state index < -0.39 is 0 Å². The van der Waals surface area contributed by atoms with Gasteiger partial charge in [0.25, 0.3) is 0 Å². The molecule has 2 heteroatoms. The predicted molar refractivity (Wildman–Crippen MR) is 61.6 cm³/mol. The van der Waals surface area contributed by atoms with E-state index in [1.54, 1.807) is 6.07 Å². The summed E-state index contributed by atoms with van der Waals surface area (Å²) < 4.78 is 5.57. The lowest BCUT2D eigenvalue weighted by molar-refractivity contribution is 0.112. The maximum absolute atomic E-state index is 10.6. The van der Waals surface area contributed by atoms with Crippen molar-refractivity contribution < 1.29 is 9.53 Å². The molecular formula is C13H18O2. The number of aryl methyl sites for hydroxylation is 1. The molecule has 0 N–H and O–H groups in total. The van der Waals surface area contributed by atoms with Gasteiger partial charge in [0.05, 0.1) is 6.61 Å². The van der Waals surface area contributed by atoms with E-state index in [4.69, 9.17) is 4.74 Å². The summed E-state index contributed by atoms with van der Waals surface area (Å²) in [5.41, 5.74) is 1.70. The van der Waals surface area contributed by atoms with Crippen LogP contribution in [0.1, 0.15) is 42.1 Å². The highest BCUT2D eigenvalue weighted by atomic mass is 16.5. The molecule has 82 valence electrons. The van der Waals surface area contributed by atoms with E-state index in [9.17, 15) is 4.79 Å². The Labute approximate surface area is 91.3 Å². The van der Waals surface area contributed by atoms with Crippen LogP contribution in [0, 0.1) is 6.92 Å². The molecule has 15 heavy (non-hydrogen) atoms. The molecular weight excluding hydrogens is 188 g/mol. The Morgan fingerprint density at radius 1 is 1.33 bits per heavy atom. The van der Waals surface area contributed by atoms with Crippen molar-refractivity contribution in [2.24, 2.45) is 0 Å². The summed E-state index contributed by atoms with van der Waals surface area (Å²) in [4.78, 5) is 10.6. The molecule has 0 spiro atoms. The number of hydrogen-bond acceptors (Lipinski definition) is 2. The zero-order valence-corrected chi connectivity index (χ0v) is 9.45. The van der Waals surface area contributed by atoms with Gasteiger partial charge in [-0.2, -0.15) is 0 Å². The van der Waals surface area contributed by atoms with Crippen molar-refractivity contribution in [2.75, 3.05) is 6.61 Å². The van der Waals surface area contributed by atoms with Crippen LogP contribution >= 0.6 is 0 Å². The molecule has 2 nitrogen and oxygen atoms in total. The summed E-state index contributed by atoms with van der Waals surface area (Å²) >= 11 is 0. The summed E-state index contributed by atoms with van der Waals surface area (Å²) in [6.07, 6.45) is 4.36. The van der Waals surface area contributed by atoms with E-state index in [0.29, 0.717) is 0 Å².